The lowest BCUT2D eigenvalue weighted by Crippen LogP contribution is -2.54. The lowest BCUT2D eigenvalue weighted by Gasteiger charge is -2.32. The lowest BCUT2D eigenvalue weighted by atomic mass is 9.86. The zero-order valence-corrected chi connectivity index (χ0v) is 19.1. The van der Waals surface area contributed by atoms with E-state index < -0.39 is 23.6 Å². The summed E-state index contributed by atoms with van der Waals surface area (Å²) >= 11 is 1.50. The largest absolute Gasteiger partial charge is 0.508 e. The molecule has 2 aromatic rings. The Kier molecular flexibility index (Phi) is 6.68. The summed E-state index contributed by atoms with van der Waals surface area (Å²) in [5.41, 5.74) is 9.69. The van der Waals surface area contributed by atoms with Crippen molar-refractivity contribution in [2.24, 2.45) is 11.1 Å². The summed E-state index contributed by atoms with van der Waals surface area (Å²) in [6, 6.07) is 3.71. The van der Waals surface area contributed by atoms with Crippen molar-refractivity contribution in [3.05, 3.63) is 35.0 Å². The normalized spacial score (nSPS) is 20.0. The van der Waals surface area contributed by atoms with Crippen molar-refractivity contribution in [3.63, 3.8) is 0 Å². The Hall–Kier alpha value is -2.49. The van der Waals surface area contributed by atoms with Crippen molar-refractivity contribution in [2.45, 2.75) is 58.8 Å². The molecule has 1 fully saturated rings. The van der Waals surface area contributed by atoms with Gasteiger partial charge < -0.3 is 26.2 Å². The molecule has 0 unspecified atom stereocenters. The fourth-order valence-electron chi connectivity index (χ4n) is 3.59. The number of hydrogen-bond donors (Lipinski definition) is 4. The average Bonchev–Trinajstić information content (AvgIpc) is 3.30. The summed E-state index contributed by atoms with van der Waals surface area (Å²) in [6.45, 7) is 7.67. The van der Waals surface area contributed by atoms with Crippen LogP contribution in [-0.4, -0.2) is 56.6 Å². The third kappa shape index (κ3) is 5.06. The van der Waals surface area contributed by atoms with Crippen molar-refractivity contribution in [2.75, 3.05) is 6.54 Å². The van der Waals surface area contributed by atoms with Gasteiger partial charge in [-0.2, -0.15) is 0 Å². The van der Waals surface area contributed by atoms with Crippen LogP contribution in [0.3, 0.4) is 0 Å². The minimum atomic E-state index is -0.794. The van der Waals surface area contributed by atoms with Crippen LogP contribution in [0.1, 0.15) is 38.4 Å². The highest BCUT2D eigenvalue weighted by atomic mass is 32.1. The van der Waals surface area contributed by atoms with Gasteiger partial charge >= 0.3 is 0 Å². The number of aryl methyl sites for hydroxylation is 1. The molecule has 0 radical (unpaired) electrons. The number of carbonyl (C=O) groups excluding carboxylic acids is 2. The van der Waals surface area contributed by atoms with E-state index in [-0.39, 0.29) is 37.1 Å². The topological polar surface area (TPSA) is 129 Å². The Morgan fingerprint density at radius 1 is 1.39 bits per heavy atom. The third-order valence-electron chi connectivity index (χ3n) is 5.61. The van der Waals surface area contributed by atoms with E-state index in [9.17, 15) is 19.8 Å². The molecule has 0 saturated carbocycles. The van der Waals surface area contributed by atoms with E-state index >= 15 is 0 Å². The van der Waals surface area contributed by atoms with Crippen LogP contribution < -0.4 is 11.1 Å². The highest BCUT2D eigenvalue weighted by Crippen LogP contribution is 2.31. The summed E-state index contributed by atoms with van der Waals surface area (Å²) < 4.78 is 0. The number of amides is 2. The molecular weight excluding hydrogens is 416 g/mol. The number of thiazole rings is 1. The molecule has 2 amide bonds. The Balaban J connectivity index is 1.68. The van der Waals surface area contributed by atoms with Gasteiger partial charge in [-0.1, -0.05) is 32.9 Å². The number of rotatable bonds is 5. The molecule has 3 rings (SSSR count). The van der Waals surface area contributed by atoms with E-state index in [4.69, 9.17) is 5.73 Å². The number of hydrogen-bond acceptors (Lipinski definition) is 7. The highest BCUT2D eigenvalue weighted by Gasteiger charge is 2.42. The van der Waals surface area contributed by atoms with Crippen LogP contribution in [0, 0.1) is 12.3 Å². The van der Waals surface area contributed by atoms with E-state index in [1.807, 2.05) is 33.8 Å². The predicted molar refractivity (Wildman–Crippen MR) is 119 cm³/mol. The number of phenolic OH excluding ortho intramolecular Hbond substituents is 1. The summed E-state index contributed by atoms with van der Waals surface area (Å²) in [7, 11) is 0. The molecular formula is C22H30N4O4S. The van der Waals surface area contributed by atoms with Gasteiger partial charge in [0, 0.05) is 25.1 Å². The molecule has 1 aromatic heterocycles. The number of β-amino-alcohol motifs (C(OH)–C–C–N with tert-alkyl or cyclic N) is 1. The van der Waals surface area contributed by atoms with Crippen molar-refractivity contribution in [1.82, 2.24) is 15.2 Å². The minimum Gasteiger partial charge on any atom is -0.508 e. The number of carbonyl (C=O) groups is 2. The second kappa shape index (κ2) is 8.94. The van der Waals surface area contributed by atoms with Crippen LogP contribution in [0.25, 0.3) is 10.4 Å². The minimum absolute atomic E-state index is 0.0692. The molecule has 3 atom stereocenters. The zero-order valence-electron chi connectivity index (χ0n) is 18.3. The van der Waals surface area contributed by atoms with Crippen molar-refractivity contribution in [1.29, 1.82) is 0 Å². The number of phenols is 1. The van der Waals surface area contributed by atoms with E-state index in [2.05, 4.69) is 10.3 Å². The third-order valence-corrected chi connectivity index (χ3v) is 6.59. The van der Waals surface area contributed by atoms with Crippen LogP contribution in [0.5, 0.6) is 5.75 Å². The maximum Gasteiger partial charge on any atom is 0.243 e. The maximum atomic E-state index is 12.8. The molecule has 168 valence electrons. The van der Waals surface area contributed by atoms with Crippen LogP contribution >= 0.6 is 11.3 Å². The van der Waals surface area contributed by atoms with Gasteiger partial charge in [-0.05, 0) is 24.0 Å². The average molecular weight is 447 g/mol. The van der Waals surface area contributed by atoms with Gasteiger partial charge in [0.2, 0.25) is 11.8 Å². The Bertz CT molecular complexity index is 969. The SMILES string of the molecule is Cc1ncsc1-c1ccc(CNC(=O)[C@@H]2C[C@H](O)CN2C(=O)[C@@H](N)C(C)(C)C)c(O)c1. The molecule has 1 saturated heterocycles. The van der Waals surface area contributed by atoms with E-state index in [0.29, 0.717) is 5.56 Å². The van der Waals surface area contributed by atoms with Crippen LogP contribution in [0.4, 0.5) is 0 Å². The second-order valence-corrected chi connectivity index (χ2v) is 9.92. The Morgan fingerprint density at radius 3 is 2.68 bits per heavy atom. The number of nitrogens with zero attached hydrogens (tertiary/aromatic N) is 2. The van der Waals surface area contributed by atoms with E-state index in [0.717, 1.165) is 16.1 Å². The van der Waals surface area contributed by atoms with Crippen molar-refractivity contribution in [3.8, 4) is 16.2 Å². The number of nitrogens with two attached hydrogens (primary N) is 1. The first-order valence-electron chi connectivity index (χ1n) is 10.2. The number of likely N-dealkylation sites (tertiary alicyclic amines) is 1. The maximum absolute atomic E-state index is 12.8. The number of nitrogens with one attached hydrogen (secondary N) is 1. The fourth-order valence-corrected chi connectivity index (χ4v) is 4.39. The zero-order chi connectivity index (χ0) is 22.9. The van der Waals surface area contributed by atoms with Gasteiger partial charge in [0.15, 0.2) is 0 Å². The second-order valence-electron chi connectivity index (χ2n) is 9.07. The standard InChI is InChI=1S/C22H30N4O4S/c1-12-18(31-11-25-12)13-5-6-14(17(28)7-13)9-24-20(29)16-8-15(27)10-26(16)21(30)19(23)22(2,3)4/h5-7,11,15-16,19,27-28H,8-10,23H2,1-4H3,(H,24,29)/t15-,16-,19+/m0/s1. The van der Waals surface area contributed by atoms with Gasteiger partial charge in [-0.3, -0.25) is 9.59 Å². The molecule has 1 aromatic carbocycles. The van der Waals surface area contributed by atoms with Crippen molar-refractivity contribution >= 4 is 23.2 Å². The monoisotopic (exact) mass is 446 g/mol. The number of aliphatic hydroxyl groups is 1. The van der Waals surface area contributed by atoms with Crippen LogP contribution in [-0.2, 0) is 16.1 Å². The molecule has 9 heteroatoms. The number of aromatic nitrogens is 1. The number of aromatic hydroxyl groups is 1. The van der Waals surface area contributed by atoms with Gasteiger partial charge in [-0.15, -0.1) is 11.3 Å². The van der Waals surface area contributed by atoms with Gasteiger partial charge in [0.25, 0.3) is 0 Å². The molecule has 1 aliphatic rings. The molecule has 0 aliphatic carbocycles. The molecule has 2 heterocycles. The van der Waals surface area contributed by atoms with E-state index in [1.165, 1.54) is 16.2 Å². The fraction of sp³-hybridized carbons (Fsp3) is 0.500. The Morgan fingerprint density at radius 2 is 2.10 bits per heavy atom. The van der Waals surface area contributed by atoms with Gasteiger partial charge in [-0.25, -0.2) is 4.98 Å². The van der Waals surface area contributed by atoms with Crippen molar-refractivity contribution < 1.29 is 19.8 Å². The predicted octanol–water partition coefficient (Wildman–Crippen LogP) is 1.78. The smallest absolute Gasteiger partial charge is 0.243 e. The number of aliphatic hydroxyl groups excluding tert-OH is 1. The molecule has 0 spiro atoms. The molecule has 31 heavy (non-hydrogen) atoms. The Labute approximate surface area is 186 Å². The summed E-state index contributed by atoms with van der Waals surface area (Å²) in [5, 5.41) is 23.3. The molecule has 1 aliphatic heterocycles. The number of benzene rings is 1. The molecule has 5 N–H and O–H groups in total. The molecule has 0 bridgehead atoms. The highest BCUT2D eigenvalue weighted by molar-refractivity contribution is 7.13. The van der Waals surface area contributed by atoms with E-state index in [1.54, 1.807) is 17.6 Å². The van der Waals surface area contributed by atoms with Crippen LogP contribution in [0.2, 0.25) is 0 Å². The quantitative estimate of drug-likeness (QED) is 0.554. The lowest BCUT2D eigenvalue weighted by molar-refractivity contribution is -0.141. The summed E-state index contributed by atoms with van der Waals surface area (Å²) in [4.78, 5) is 32.2. The summed E-state index contributed by atoms with van der Waals surface area (Å²) in [6.07, 6.45) is -0.619. The van der Waals surface area contributed by atoms with Crippen LogP contribution in [0.15, 0.2) is 23.7 Å². The first-order valence-corrected chi connectivity index (χ1v) is 11.1. The molecule has 8 nitrogen and oxygen atoms in total. The van der Waals surface area contributed by atoms with Gasteiger partial charge in [0.1, 0.15) is 11.8 Å². The first-order chi connectivity index (χ1) is 14.5. The van der Waals surface area contributed by atoms with Gasteiger partial charge in [0.05, 0.1) is 28.2 Å². The summed E-state index contributed by atoms with van der Waals surface area (Å²) in [5.74, 6) is -0.663. The first kappa shape index (κ1) is 23.2.